The molecular formula is C12H17ClN2OS. The molecule has 1 saturated carbocycles. The number of halogens is 1. The van der Waals surface area contributed by atoms with Crippen LogP contribution in [0.2, 0.25) is 0 Å². The lowest BCUT2D eigenvalue weighted by atomic mass is 9.91. The van der Waals surface area contributed by atoms with Gasteiger partial charge in [-0.25, -0.2) is 4.98 Å². The molecule has 1 aliphatic rings. The SMILES string of the molecule is Cc1ncsc1C(=O)N(CCCCl)C1CCC1. The van der Waals surface area contributed by atoms with Gasteiger partial charge in [-0.2, -0.15) is 0 Å². The smallest absolute Gasteiger partial charge is 0.266 e. The molecule has 1 aromatic rings. The molecule has 17 heavy (non-hydrogen) atoms. The zero-order chi connectivity index (χ0) is 12.3. The lowest BCUT2D eigenvalue weighted by Crippen LogP contribution is -2.44. The van der Waals surface area contributed by atoms with Crippen LogP contribution in [0, 0.1) is 6.92 Å². The molecule has 0 aliphatic heterocycles. The van der Waals surface area contributed by atoms with E-state index in [-0.39, 0.29) is 5.91 Å². The van der Waals surface area contributed by atoms with Crippen LogP contribution in [0.5, 0.6) is 0 Å². The highest BCUT2D eigenvalue weighted by Gasteiger charge is 2.30. The van der Waals surface area contributed by atoms with Gasteiger partial charge in [-0.3, -0.25) is 4.79 Å². The van der Waals surface area contributed by atoms with E-state index in [1.54, 1.807) is 5.51 Å². The fourth-order valence-corrected chi connectivity index (χ4v) is 2.89. The monoisotopic (exact) mass is 272 g/mol. The van der Waals surface area contributed by atoms with Crippen LogP contribution < -0.4 is 0 Å². The summed E-state index contributed by atoms with van der Waals surface area (Å²) in [6.45, 7) is 2.66. The summed E-state index contributed by atoms with van der Waals surface area (Å²) in [4.78, 5) is 19.3. The Morgan fingerprint density at radius 3 is 2.88 bits per heavy atom. The Hall–Kier alpha value is -0.610. The highest BCUT2D eigenvalue weighted by atomic mass is 35.5. The third kappa shape index (κ3) is 2.80. The molecule has 0 aromatic carbocycles. The molecule has 1 amide bonds. The number of aromatic nitrogens is 1. The predicted molar refractivity (Wildman–Crippen MR) is 70.9 cm³/mol. The van der Waals surface area contributed by atoms with Crippen LogP contribution in [-0.2, 0) is 0 Å². The minimum absolute atomic E-state index is 0.139. The highest BCUT2D eigenvalue weighted by molar-refractivity contribution is 7.11. The summed E-state index contributed by atoms with van der Waals surface area (Å²) in [5, 5.41) is 0. The predicted octanol–water partition coefficient (Wildman–Crippen LogP) is 3.08. The van der Waals surface area contributed by atoms with E-state index in [0.717, 1.165) is 36.4 Å². The molecule has 0 atom stereocenters. The lowest BCUT2D eigenvalue weighted by molar-refractivity contribution is 0.0585. The zero-order valence-corrected chi connectivity index (χ0v) is 11.6. The van der Waals surface area contributed by atoms with Gasteiger partial charge in [0.2, 0.25) is 0 Å². The van der Waals surface area contributed by atoms with Gasteiger partial charge in [0.15, 0.2) is 0 Å². The van der Waals surface area contributed by atoms with Crippen LogP contribution >= 0.6 is 22.9 Å². The van der Waals surface area contributed by atoms with E-state index in [1.807, 2.05) is 11.8 Å². The van der Waals surface area contributed by atoms with Crippen molar-refractivity contribution in [3.05, 3.63) is 16.1 Å². The molecule has 1 heterocycles. The Morgan fingerprint density at radius 2 is 2.41 bits per heavy atom. The third-order valence-corrected chi connectivity index (χ3v) is 4.43. The molecule has 2 rings (SSSR count). The van der Waals surface area contributed by atoms with Gasteiger partial charge in [-0.15, -0.1) is 22.9 Å². The van der Waals surface area contributed by atoms with Gasteiger partial charge in [-0.05, 0) is 32.6 Å². The average Bonchev–Trinajstić information content (AvgIpc) is 2.67. The number of aryl methyl sites for hydroxylation is 1. The Morgan fingerprint density at radius 1 is 1.65 bits per heavy atom. The van der Waals surface area contributed by atoms with E-state index in [0.29, 0.717) is 11.9 Å². The summed E-state index contributed by atoms with van der Waals surface area (Å²) in [7, 11) is 0. The van der Waals surface area contributed by atoms with Crippen molar-refractivity contribution < 1.29 is 4.79 Å². The number of rotatable bonds is 5. The van der Waals surface area contributed by atoms with E-state index in [9.17, 15) is 4.79 Å². The minimum Gasteiger partial charge on any atom is -0.335 e. The van der Waals surface area contributed by atoms with Crippen LogP contribution in [0.15, 0.2) is 5.51 Å². The van der Waals surface area contributed by atoms with Gasteiger partial charge < -0.3 is 4.90 Å². The van der Waals surface area contributed by atoms with Gasteiger partial charge in [-0.1, -0.05) is 0 Å². The minimum atomic E-state index is 0.139. The number of carbonyl (C=O) groups excluding carboxylic acids is 1. The zero-order valence-electron chi connectivity index (χ0n) is 9.99. The molecule has 3 nitrogen and oxygen atoms in total. The quantitative estimate of drug-likeness (QED) is 0.772. The Labute approximate surface area is 111 Å². The standard InChI is InChI=1S/C12H17ClN2OS/c1-9-11(17-8-14-9)12(16)15(7-3-6-13)10-4-2-5-10/h8,10H,2-7H2,1H3. The largest absolute Gasteiger partial charge is 0.335 e. The van der Waals surface area contributed by atoms with Gasteiger partial charge in [0.05, 0.1) is 11.2 Å². The second-order valence-corrected chi connectivity index (χ2v) is 5.63. The van der Waals surface area contributed by atoms with Gasteiger partial charge in [0.1, 0.15) is 4.88 Å². The number of amides is 1. The molecule has 0 N–H and O–H groups in total. The maximum Gasteiger partial charge on any atom is 0.266 e. The average molecular weight is 273 g/mol. The Balaban J connectivity index is 2.09. The molecule has 5 heteroatoms. The van der Waals surface area contributed by atoms with Crippen molar-refractivity contribution in [3.8, 4) is 0 Å². The fraction of sp³-hybridized carbons (Fsp3) is 0.667. The molecule has 0 radical (unpaired) electrons. The lowest BCUT2D eigenvalue weighted by Gasteiger charge is -2.37. The fourth-order valence-electron chi connectivity index (χ4n) is 2.02. The van der Waals surface area contributed by atoms with Crippen LogP contribution in [0.1, 0.15) is 41.0 Å². The molecular weight excluding hydrogens is 256 g/mol. The Kier molecular flexibility index (Phi) is 4.40. The van der Waals surface area contributed by atoms with E-state index >= 15 is 0 Å². The number of thiazole rings is 1. The van der Waals surface area contributed by atoms with Crippen molar-refractivity contribution in [2.24, 2.45) is 0 Å². The first-order valence-corrected chi connectivity index (χ1v) is 7.42. The van der Waals surface area contributed by atoms with Gasteiger partial charge >= 0.3 is 0 Å². The van der Waals surface area contributed by atoms with Gasteiger partial charge in [0, 0.05) is 18.5 Å². The molecule has 1 aliphatic carbocycles. The molecule has 94 valence electrons. The third-order valence-electron chi connectivity index (χ3n) is 3.25. The van der Waals surface area contributed by atoms with Crippen molar-refractivity contribution in [1.82, 2.24) is 9.88 Å². The summed E-state index contributed by atoms with van der Waals surface area (Å²) in [6.07, 6.45) is 4.36. The van der Waals surface area contributed by atoms with E-state index < -0.39 is 0 Å². The van der Waals surface area contributed by atoms with E-state index in [1.165, 1.54) is 17.8 Å². The van der Waals surface area contributed by atoms with Crippen molar-refractivity contribution >= 4 is 28.8 Å². The first-order chi connectivity index (χ1) is 8.24. The van der Waals surface area contributed by atoms with Crippen molar-refractivity contribution in [3.63, 3.8) is 0 Å². The number of alkyl halides is 1. The van der Waals surface area contributed by atoms with Crippen LogP contribution in [0.3, 0.4) is 0 Å². The number of hydrogen-bond acceptors (Lipinski definition) is 3. The summed E-state index contributed by atoms with van der Waals surface area (Å²) < 4.78 is 0. The van der Waals surface area contributed by atoms with E-state index in [4.69, 9.17) is 11.6 Å². The topological polar surface area (TPSA) is 33.2 Å². The second-order valence-electron chi connectivity index (χ2n) is 4.39. The molecule has 1 aromatic heterocycles. The first-order valence-electron chi connectivity index (χ1n) is 6.01. The number of carbonyl (C=O) groups is 1. The maximum absolute atomic E-state index is 12.4. The summed E-state index contributed by atoms with van der Waals surface area (Å²) in [6, 6.07) is 0.423. The van der Waals surface area contributed by atoms with Crippen LogP contribution in [0.25, 0.3) is 0 Å². The van der Waals surface area contributed by atoms with Crippen molar-refractivity contribution in [1.29, 1.82) is 0 Å². The normalized spacial score (nSPS) is 15.6. The second kappa shape index (κ2) is 5.83. The summed E-state index contributed by atoms with van der Waals surface area (Å²) >= 11 is 7.16. The molecule has 0 unspecified atom stereocenters. The first kappa shape index (κ1) is 12.8. The van der Waals surface area contributed by atoms with Crippen LogP contribution in [0.4, 0.5) is 0 Å². The Bertz CT molecular complexity index is 390. The molecule has 1 fully saturated rings. The summed E-state index contributed by atoms with van der Waals surface area (Å²) in [5.74, 6) is 0.748. The van der Waals surface area contributed by atoms with E-state index in [2.05, 4.69) is 4.98 Å². The molecule has 0 bridgehead atoms. The van der Waals surface area contributed by atoms with Crippen molar-refractivity contribution in [2.75, 3.05) is 12.4 Å². The summed E-state index contributed by atoms with van der Waals surface area (Å²) in [5.41, 5.74) is 2.58. The maximum atomic E-state index is 12.4. The number of nitrogens with zero attached hydrogens (tertiary/aromatic N) is 2. The van der Waals surface area contributed by atoms with Crippen LogP contribution in [-0.4, -0.2) is 34.3 Å². The van der Waals surface area contributed by atoms with Crippen molar-refractivity contribution in [2.45, 2.75) is 38.6 Å². The molecule has 0 spiro atoms. The van der Waals surface area contributed by atoms with Gasteiger partial charge in [0.25, 0.3) is 5.91 Å². The number of hydrogen-bond donors (Lipinski definition) is 0. The molecule has 0 saturated heterocycles. The highest BCUT2D eigenvalue weighted by Crippen LogP contribution is 2.27.